The number of hydrogen-bond donors (Lipinski definition) is 1. The number of nitrogens with one attached hydrogen (secondary N) is 1. The van der Waals surface area contributed by atoms with Crippen molar-refractivity contribution >= 4 is 5.91 Å². The van der Waals surface area contributed by atoms with Gasteiger partial charge in [-0.1, -0.05) is 25.1 Å². The summed E-state index contributed by atoms with van der Waals surface area (Å²) in [6.07, 6.45) is 5.83. The Morgan fingerprint density at radius 1 is 1.29 bits per heavy atom. The van der Waals surface area contributed by atoms with Gasteiger partial charge in [0, 0.05) is 30.6 Å². The summed E-state index contributed by atoms with van der Waals surface area (Å²) in [5, 5.41) is 3.53. The fourth-order valence-electron chi connectivity index (χ4n) is 3.97. The minimum atomic E-state index is 0.233. The van der Waals surface area contributed by atoms with Gasteiger partial charge in [0.1, 0.15) is 0 Å². The van der Waals surface area contributed by atoms with Gasteiger partial charge in [0.05, 0.1) is 0 Å². The molecule has 0 saturated carbocycles. The first-order valence-corrected chi connectivity index (χ1v) is 8.32. The number of hydrogen-bond acceptors (Lipinski definition) is 2. The van der Waals surface area contributed by atoms with Crippen molar-refractivity contribution in [3.05, 3.63) is 35.4 Å². The van der Waals surface area contributed by atoms with Gasteiger partial charge >= 0.3 is 0 Å². The molecule has 1 atom stereocenters. The van der Waals surface area contributed by atoms with Crippen LogP contribution in [-0.4, -0.2) is 37.0 Å². The first kappa shape index (κ1) is 14.6. The molecule has 0 bridgehead atoms. The van der Waals surface area contributed by atoms with Crippen LogP contribution in [0.4, 0.5) is 0 Å². The second-order valence-electron chi connectivity index (χ2n) is 6.62. The Hall–Kier alpha value is -1.35. The lowest BCUT2D eigenvalue weighted by Crippen LogP contribution is -2.52. The predicted molar refractivity (Wildman–Crippen MR) is 85.5 cm³/mol. The van der Waals surface area contributed by atoms with Crippen molar-refractivity contribution in [2.45, 2.75) is 39.0 Å². The van der Waals surface area contributed by atoms with Gasteiger partial charge in [-0.15, -0.1) is 0 Å². The summed E-state index contributed by atoms with van der Waals surface area (Å²) in [5.41, 5.74) is 2.40. The minimum absolute atomic E-state index is 0.233. The van der Waals surface area contributed by atoms with Crippen LogP contribution in [0.15, 0.2) is 24.3 Å². The number of benzene rings is 1. The van der Waals surface area contributed by atoms with Gasteiger partial charge in [-0.05, 0) is 50.3 Å². The normalized spacial score (nSPS) is 26.0. The van der Waals surface area contributed by atoms with E-state index < -0.39 is 0 Å². The zero-order valence-corrected chi connectivity index (χ0v) is 13.0. The molecule has 0 radical (unpaired) electrons. The first-order chi connectivity index (χ1) is 10.2. The van der Waals surface area contributed by atoms with Gasteiger partial charge in [-0.2, -0.15) is 0 Å². The molecule has 2 fully saturated rings. The molecule has 1 spiro atoms. The van der Waals surface area contributed by atoms with Crippen molar-refractivity contribution in [3.8, 4) is 0 Å². The van der Waals surface area contributed by atoms with Crippen LogP contribution in [0, 0.1) is 5.41 Å². The second kappa shape index (κ2) is 6.18. The third-order valence-corrected chi connectivity index (χ3v) is 5.14. The number of carbonyl (C=O) groups is 1. The van der Waals surface area contributed by atoms with E-state index in [0.29, 0.717) is 5.41 Å². The second-order valence-corrected chi connectivity index (χ2v) is 6.62. The summed E-state index contributed by atoms with van der Waals surface area (Å²) in [7, 11) is 0. The largest absolute Gasteiger partial charge is 0.338 e. The third kappa shape index (κ3) is 2.98. The average Bonchev–Trinajstić information content (AvgIpc) is 2.55. The quantitative estimate of drug-likeness (QED) is 0.906. The summed E-state index contributed by atoms with van der Waals surface area (Å²) in [6.45, 7) is 6.17. The van der Waals surface area contributed by atoms with Crippen LogP contribution in [0.1, 0.15) is 48.5 Å². The highest BCUT2D eigenvalue weighted by Gasteiger charge is 2.38. The van der Waals surface area contributed by atoms with E-state index in [0.717, 1.165) is 44.6 Å². The summed E-state index contributed by atoms with van der Waals surface area (Å²) >= 11 is 0. The lowest BCUT2D eigenvalue weighted by Gasteiger charge is -2.45. The van der Waals surface area contributed by atoms with E-state index in [1.165, 1.54) is 24.8 Å². The van der Waals surface area contributed by atoms with Crippen molar-refractivity contribution in [1.82, 2.24) is 10.2 Å². The van der Waals surface area contributed by atoms with Gasteiger partial charge in [0.15, 0.2) is 0 Å². The van der Waals surface area contributed by atoms with Crippen molar-refractivity contribution in [2.24, 2.45) is 5.41 Å². The maximum Gasteiger partial charge on any atom is 0.254 e. The van der Waals surface area contributed by atoms with Gasteiger partial charge < -0.3 is 10.2 Å². The van der Waals surface area contributed by atoms with E-state index >= 15 is 0 Å². The Balaban J connectivity index is 1.78. The topological polar surface area (TPSA) is 32.3 Å². The number of aryl methyl sites for hydroxylation is 1. The van der Waals surface area contributed by atoms with Crippen molar-refractivity contribution in [2.75, 3.05) is 26.2 Å². The molecule has 2 heterocycles. The molecule has 3 rings (SSSR count). The molecule has 114 valence electrons. The zero-order valence-electron chi connectivity index (χ0n) is 13.0. The molecule has 1 aromatic rings. The standard InChI is InChI=1S/C18H26N2O/c1-2-15-7-3-4-8-16(15)17(21)20-12-6-10-18(14-20)9-5-11-19-13-18/h3-4,7-8,19H,2,5-6,9-14H2,1H3. The lowest BCUT2D eigenvalue weighted by atomic mass is 9.74. The molecule has 0 aliphatic carbocycles. The molecule has 3 nitrogen and oxygen atoms in total. The smallest absolute Gasteiger partial charge is 0.254 e. The maximum absolute atomic E-state index is 12.9. The van der Waals surface area contributed by atoms with Crippen LogP contribution >= 0.6 is 0 Å². The summed E-state index contributed by atoms with van der Waals surface area (Å²) in [4.78, 5) is 15.0. The fourth-order valence-corrected chi connectivity index (χ4v) is 3.97. The molecule has 1 N–H and O–H groups in total. The lowest BCUT2D eigenvalue weighted by molar-refractivity contribution is 0.0433. The zero-order chi connectivity index (χ0) is 14.7. The van der Waals surface area contributed by atoms with Gasteiger partial charge in [-0.25, -0.2) is 0 Å². The minimum Gasteiger partial charge on any atom is -0.338 e. The Morgan fingerprint density at radius 2 is 2.10 bits per heavy atom. The molecule has 3 heteroatoms. The van der Waals surface area contributed by atoms with Crippen LogP contribution in [0.3, 0.4) is 0 Å². The molecule has 2 saturated heterocycles. The summed E-state index contributed by atoms with van der Waals surface area (Å²) in [6, 6.07) is 8.07. The predicted octanol–water partition coefficient (Wildman–Crippen LogP) is 2.85. The Kier molecular flexibility index (Phi) is 4.29. The first-order valence-electron chi connectivity index (χ1n) is 8.32. The van der Waals surface area contributed by atoms with E-state index in [-0.39, 0.29) is 5.91 Å². The van der Waals surface area contributed by atoms with Gasteiger partial charge in [0.2, 0.25) is 0 Å². The number of amides is 1. The third-order valence-electron chi connectivity index (χ3n) is 5.14. The molecule has 1 aromatic carbocycles. The van der Waals surface area contributed by atoms with E-state index in [1.807, 2.05) is 18.2 Å². The van der Waals surface area contributed by atoms with Crippen molar-refractivity contribution in [3.63, 3.8) is 0 Å². The molecule has 1 amide bonds. The van der Waals surface area contributed by atoms with Gasteiger partial charge in [0.25, 0.3) is 5.91 Å². The Bertz CT molecular complexity index is 500. The van der Waals surface area contributed by atoms with Crippen LogP contribution in [-0.2, 0) is 6.42 Å². The average molecular weight is 286 g/mol. The van der Waals surface area contributed by atoms with Crippen LogP contribution < -0.4 is 5.32 Å². The van der Waals surface area contributed by atoms with Crippen LogP contribution in [0.25, 0.3) is 0 Å². The number of rotatable bonds is 2. The van der Waals surface area contributed by atoms with E-state index in [9.17, 15) is 4.79 Å². The molecule has 0 aromatic heterocycles. The molecule has 21 heavy (non-hydrogen) atoms. The van der Waals surface area contributed by atoms with Crippen LogP contribution in [0.5, 0.6) is 0 Å². The van der Waals surface area contributed by atoms with Crippen molar-refractivity contribution in [1.29, 1.82) is 0 Å². The highest BCUT2D eigenvalue weighted by molar-refractivity contribution is 5.95. The van der Waals surface area contributed by atoms with E-state index in [2.05, 4.69) is 23.2 Å². The Labute approximate surface area is 127 Å². The van der Waals surface area contributed by atoms with Crippen molar-refractivity contribution < 1.29 is 4.79 Å². The molecule has 1 unspecified atom stereocenters. The summed E-state index contributed by atoms with van der Waals surface area (Å²) < 4.78 is 0. The summed E-state index contributed by atoms with van der Waals surface area (Å²) in [5.74, 6) is 0.233. The highest BCUT2D eigenvalue weighted by Crippen LogP contribution is 2.36. The molecular weight excluding hydrogens is 260 g/mol. The van der Waals surface area contributed by atoms with E-state index in [1.54, 1.807) is 0 Å². The number of nitrogens with zero attached hydrogens (tertiary/aromatic N) is 1. The SMILES string of the molecule is CCc1ccccc1C(=O)N1CCCC2(CCCNC2)C1. The van der Waals surface area contributed by atoms with Gasteiger partial charge in [-0.3, -0.25) is 4.79 Å². The van der Waals surface area contributed by atoms with E-state index in [4.69, 9.17) is 0 Å². The van der Waals surface area contributed by atoms with Crippen LogP contribution in [0.2, 0.25) is 0 Å². The maximum atomic E-state index is 12.9. The Morgan fingerprint density at radius 3 is 2.86 bits per heavy atom. The number of carbonyl (C=O) groups excluding carboxylic acids is 1. The number of likely N-dealkylation sites (tertiary alicyclic amines) is 1. The fraction of sp³-hybridized carbons (Fsp3) is 0.611. The number of piperidine rings is 2. The monoisotopic (exact) mass is 286 g/mol. The highest BCUT2D eigenvalue weighted by atomic mass is 16.2. The molecule has 2 aliphatic heterocycles. The molecule has 2 aliphatic rings. The molecular formula is C18H26N2O.